The molecule has 0 aliphatic heterocycles. The summed E-state index contributed by atoms with van der Waals surface area (Å²) in [6.45, 7) is 1.95. The van der Waals surface area contributed by atoms with Crippen LogP contribution in [0.15, 0.2) is 40.9 Å². The van der Waals surface area contributed by atoms with Crippen molar-refractivity contribution in [3.05, 3.63) is 52.3 Å². The van der Waals surface area contributed by atoms with Crippen LogP contribution in [0.25, 0.3) is 16.7 Å². The van der Waals surface area contributed by atoms with Gasteiger partial charge >= 0.3 is 0 Å². The summed E-state index contributed by atoms with van der Waals surface area (Å²) in [7, 11) is 0. The van der Waals surface area contributed by atoms with E-state index < -0.39 is 0 Å². The third-order valence-electron chi connectivity index (χ3n) is 3.07. The van der Waals surface area contributed by atoms with Crippen molar-refractivity contribution in [3.63, 3.8) is 0 Å². The summed E-state index contributed by atoms with van der Waals surface area (Å²) in [6, 6.07) is 10.6. The van der Waals surface area contributed by atoms with Crippen LogP contribution in [0.4, 0.5) is 10.3 Å². The Morgan fingerprint density at radius 3 is 2.68 bits per heavy atom. The number of para-hydroxylation sites is 2. The first-order chi connectivity index (χ1) is 9.09. The smallest absolute Gasteiger partial charge is 0.206 e. The van der Waals surface area contributed by atoms with Gasteiger partial charge in [-0.1, -0.05) is 18.2 Å². The number of imidazole rings is 1. The molecule has 2 N–H and O–H groups in total. The van der Waals surface area contributed by atoms with Crippen LogP contribution >= 0.6 is 15.9 Å². The van der Waals surface area contributed by atoms with Gasteiger partial charge in [-0.25, -0.2) is 9.37 Å². The van der Waals surface area contributed by atoms with Crippen molar-refractivity contribution in [2.45, 2.75) is 6.92 Å². The predicted molar refractivity (Wildman–Crippen MR) is 77.9 cm³/mol. The van der Waals surface area contributed by atoms with Crippen LogP contribution in [0.5, 0.6) is 0 Å². The first-order valence-electron chi connectivity index (χ1n) is 5.77. The zero-order chi connectivity index (χ0) is 13.6. The van der Waals surface area contributed by atoms with E-state index in [0.717, 1.165) is 16.6 Å². The first kappa shape index (κ1) is 12.2. The fraction of sp³-hybridized carbons (Fsp3) is 0.0714. The highest BCUT2D eigenvalue weighted by Crippen LogP contribution is 2.31. The molecule has 0 unspecified atom stereocenters. The highest BCUT2D eigenvalue weighted by Gasteiger charge is 2.17. The molecule has 3 rings (SSSR count). The van der Waals surface area contributed by atoms with Crippen molar-refractivity contribution in [3.8, 4) is 5.69 Å². The van der Waals surface area contributed by atoms with Crippen LogP contribution in [0.2, 0.25) is 0 Å². The minimum atomic E-state index is -0.344. The lowest BCUT2D eigenvalue weighted by Crippen LogP contribution is -2.04. The van der Waals surface area contributed by atoms with Crippen molar-refractivity contribution < 1.29 is 4.39 Å². The molecule has 0 saturated heterocycles. The minimum Gasteiger partial charge on any atom is -0.369 e. The lowest BCUT2D eigenvalue weighted by molar-refractivity contribution is 0.619. The van der Waals surface area contributed by atoms with E-state index >= 15 is 0 Å². The lowest BCUT2D eigenvalue weighted by atomic mass is 10.2. The third kappa shape index (κ3) is 1.81. The molecule has 0 spiro atoms. The fourth-order valence-corrected chi connectivity index (χ4v) is 2.76. The van der Waals surface area contributed by atoms with E-state index in [0.29, 0.717) is 10.2 Å². The fourth-order valence-electron chi connectivity index (χ4n) is 2.24. The molecule has 0 bridgehead atoms. The molecule has 0 amide bonds. The summed E-state index contributed by atoms with van der Waals surface area (Å²) >= 11 is 3.37. The van der Waals surface area contributed by atoms with Crippen LogP contribution in [0.3, 0.4) is 0 Å². The van der Waals surface area contributed by atoms with E-state index in [-0.39, 0.29) is 11.8 Å². The second kappa shape index (κ2) is 4.35. The van der Waals surface area contributed by atoms with E-state index in [1.807, 2.05) is 25.1 Å². The summed E-state index contributed by atoms with van der Waals surface area (Å²) in [4.78, 5) is 4.29. The molecule has 3 aromatic rings. The van der Waals surface area contributed by atoms with Crippen LogP contribution in [0.1, 0.15) is 5.56 Å². The van der Waals surface area contributed by atoms with Crippen LogP contribution in [-0.2, 0) is 0 Å². The molecular formula is C14H11BrFN3. The Hall–Kier alpha value is -1.88. The quantitative estimate of drug-likeness (QED) is 0.741. The molecule has 0 fully saturated rings. The summed E-state index contributed by atoms with van der Waals surface area (Å²) in [5, 5.41) is 0. The summed E-state index contributed by atoms with van der Waals surface area (Å²) in [5.41, 5.74) is 8.92. The molecule has 1 aromatic heterocycles. The molecule has 0 atom stereocenters. The molecule has 0 aliphatic rings. The highest BCUT2D eigenvalue weighted by atomic mass is 79.9. The normalized spacial score (nSPS) is 11.1. The van der Waals surface area contributed by atoms with E-state index in [1.54, 1.807) is 16.7 Å². The van der Waals surface area contributed by atoms with E-state index in [4.69, 9.17) is 5.73 Å². The Morgan fingerprint density at radius 1 is 1.21 bits per heavy atom. The summed E-state index contributed by atoms with van der Waals surface area (Å²) < 4.78 is 16.4. The van der Waals surface area contributed by atoms with E-state index in [9.17, 15) is 4.39 Å². The molecule has 5 heteroatoms. The van der Waals surface area contributed by atoms with E-state index in [2.05, 4.69) is 20.9 Å². The lowest BCUT2D eigenvalue weighted by Gasteiger charge is -2.11. The second-order valence-electron chi connectivity index (χ2n) is 4.32. The number of hydrogen-bond acceptors (Lipinski definition) is 2. The third-order valence-corrected chi connectivity index (χ3v) is 3.71. The SMILES string of the molecule is Cc1cccc2nc(N)n(-c3c(F)cccc3Br)c12. The Bertz CT molecular complexity index is 759. The topological polar surface area (TPSA) is 43.8 Å². The maximum atomic E-state index is 14.1. The van der Waals surface area contributed by atoms with Gasteiger partial charge in [0.1, 0.15) is 5.82 Å². The zero-order valence-corrected chi connectivity index (χ0v) is 11.8. The maximum Gasteiger partial charge on any atom is 0.206 e. The highest BCUT2D eigenvalue weighted by molar-refractivity contribution is 9.10. The molecule has 3 nitrogen and oxygen atoms in total. The van der Waals surface area contributed by atoms with Crippen molar-refractivity contribution in [1.82, 2.24) is 9.55 Å². The van der Waals surface area contributed by atoms with Crippen LogP contribution in [-0.4, -0.2) is 9.55 Å². The Morgan fingerprint density at radius 2 is 1.95 bits per heavy atom. The number of fused-ring (bicyclic) bond motifs is 1. The van der Waals surface area contributed by atoms with Crippen LogP contribution in [0, 0.1) is 12.7 Å². The Kier molecular flexibility index (Phi) is 2.78. The molecule has 0 saturated carbocycles. The number of nitrogens with two attached hydrogens (primary N) is 1. The number of nitrogens with zero attached hydrogens (tertiary/aromatic N) is 2. The van der Waals surface area contributed by atoms with Gasteiger partial charge in [0.25, 0.3) is 0 Å². The average molecular weight is 320 g/mol. The molecule has 19 heavy (non-hydrogen) atoms. The molecule has 0 aliphatic carbocycles. The van der Waals surface area contributed by atoms with E-state index in [1.165, 1.54) is 6.07 Å². The Balaban J connectivity index is 2.46. The van der Waals surface area contributed by atoms with Gasteiger partial charge in [0, 0.05) is 4.47 Å². The number of nitrogen functional groups attached to an aromatic ring is 1. The van der Waals surface area contributed by atoms with Gasteiger partial charge in [-0.2, -0.15) is 0 Å². The summed E-state index contributed by atoms with van der Waals surface area (Å²) in [6.07, 6.45) is 0. The van der Waals surface area contributed by atoms with Crippen molar-refractivity contribution in [2.24, 2.45) is 0 Å². The maximum absolute atomic E-state index is 14.1. The Labute approximate surface area is 118 Å². The van der Waals surface area contributed by atoms with Gasteiger partial charge in [0.2, 0.25) is 5.95 Å². The molecule has 2 aromatic carbocycles. The number of aryl methyl sites for hydroxylation is 1. The number of benzene rings is 2. The van der Waals surface area contributed by atoms with Crippen LogP contribution < -0.4 is 5.73 Å². The van der Waals surface area contributed by atoms with Crippen molar-refractivity contribution in [1.29, 1.82) is 0 Å². The molecule has 96 valence electrons. The summed E-state index contributed by atoms with van der Waals surface area (Å²) in [5.74, 6) is -0.0706. The second-order valence-corrected chi connectivity index (χ2v) is 5.17. The number of aromatic nitrogens is 2. The number of anilines is 1. The number of rotatable bonds is 1. The molecular weight excluding hydrogens is 309 g/mol. The molecule has 1 heterocycles. The zero-order valence-electron chi connectivity index (χ0n) is 10.2. The van der Waals surface area contributed by atoms with Crippen molar-refractivity contribution in [2.75, 3.05) is 5.73 Å². The average Bonchev–Trinajstić information content (AvgIpc) is 2.67. The van der Waals surface area contributed by atoms with Gasteiger partial charge in [-0.3, -0.25) is 4.57 Å². The van der Waals surface area contributed by atoms with Gasteiger partial charge in [-0.05, 0) is 46.6 Å². The first-order valence-corrected chi connectivity index (χ1v) is 6.57. The number of halogens is 2. The van der Waals surface area contributed by atoms with Gasteiger partial charge in [-0.15, -0.1) is 0 Å². The molecule has 0 radical (unpaired) electrons. The minimum absolute atomic E-state index is 0.273. The largest absolute Gasteiger partial charge is 0.369 e. The number of hydrogen-bond donors (Lipinski definition) is 1. The monoisotopic (exact) mass is 319 g/mol. The van der Waals surface area contributed by atoms with Gasteiger partial charge in [0.05, 0.1) is 16.7 Å². The van der Waals surface area contributed by atoms with Gasteiger partial charge < -0.3 is 5.73 Å². The predicted octanol–water partition coefficient (Wildman–Crippen LogP) is 3.82. The van der Waals surface area contributed by atoms with Crippen molar-refractivity contribution >= 4 is 32.9 Å². The standard InChI is InChI=1S/C14H11BrFN3/c1-8-4-2-7-11-12(8)19(14(17)18-11)13-9(15)5-3-6-10(13)16/h2-7H,1H3,(H2,17,18). The van der Waals surface area contributed by atoms with Gasteiger partial charge in [0.15, 0.2) is 0 Å².